The van der Waals surface area contributed by atoms with Gasteiger partial charge in [-0.2, -0.15) is 0 Å². The molecule has 84 valence electrons. The molecule has 0 bridgehead atoms. The van der Waals surface area contributed by atoms with Crippen molar-refractivity contribution in [3.63, 3.8) is 0 Å². The van der Waals surface area contributed by atoms with Gasteiger partial charge in [-0.25, -0.2) is 4.79 Å². The van der Waals surface area contributed by atoms with Gasteiger partial charge in [0.15, 0.2) is 0 Å². The number of hydrogen-bond donors (Lipinski definition) is 1. The van der Waals surface area contributed by atoms with Gasteiger partial charge in [-0.15, -0.1) is 11.8 Å². The number of hydrogen-bond acceptors (Lipinski definition) is 3. The fourth-order valence-corrected chi connectivity index (χ4v) is 3.12. The van der Waals surface area contributed by atoms with E-state index >= 15 is 0 Å². The fraction of sp³-hybridized carbons (Fsp3) is 0.273. The van der Waals surface area contributed by atoms with E-state index in [1.807, 2.05) is 30.3 Å². The van der Waals surface area contributed by atoms with Crippen molar-refractivity contribution in [2.45, 2.75) is 11.4 Å². The van der Waals surface area contributed by atoms with Crippen molar-refractivity contribution in [3.8, 4) is 0 Å². The molecule has 1 aliphatic rings. The average Bonchev–Trinajstić information content (AvgIpc) is 2.73. The van der Waals surface area contributed by atoms with Crippen LogP contribution in [0.4, 0.5) is 4.79 Å². The lowest BCUT2D eigenvalue weighted by Crippen LogP contribution is -2.37. The molecule has 1 heterocycles. The van der Waals surface area contributed by atoms with E-state index < -0.39 is 12.1 Å². The molecule has 16 heavy (non-hydrogen) atoms. The van der Waals surface area contributed by atoms with Gasteiger partial charge in [-0.1, -0.05) is 30.3 Å². The van der Waals surface area contributed by atoms with Crippen LogP contribution < -0.4 is 0 Å². The summed E-state index contributed by atoms with van der Waals surface area (Å²) in [5, 5.41) is 8.83. The second-order valence-electron chi connectivity index (χ2n) is 3.49. The summed E-state index contributed by atoms with van der Waals surface area (Å²) in [6.45, 7) is 0. The number of carbonyl (C=O) groups excluding carboxylic acids is 1. The van der Waals surface area contributed by atoms with Gasteiger partial charge in [0.1, 0.15) is 17.7 Å². The summed E-state index contributed by atoms with van der Waals surface area (Å²) in [7, 11) is 0. The Kier molecular flexibility index (Phi) is 3.14. The summed E-state index contributed by atoms with van der Waals surface area (Å²) in [6.07, 6.45) is -0.347. The van der Waals surface area contributed by atoms with Gasteiger partial charge in [0.05, 0.1) is 0 Å². The monoisotopic (exact) mass is 237 g/mol. The summed E-state index contributed by atoms with van der Waals surface area (Å²) < 4.78 is 0. The van der Waals surface area contributed by atoms with Crippen LogP contribution in [0.25, 0.3) is 0 Å². The number of aldehydes is 1. The van der Waals surface area contributed by atoms with E-state index in [4.69, 9.17) is 5.11 Å². The average molecular weight is 237 g/mol. The van der Waals surface area contributed by atoms with Crippen LogP contribution >= 0.6 is 11.8 Å². The maximum Gasteiger partial charge on any atom is 0.409 e. The molecule has 1 N–H and O–H groups in total. The molecule has 0 radical (unpaired) electrons. The Morgan fingerprint density at radius 2 is 2.12 bits per heavy atom. The van der Waals surface area contributed by atoms with Gasteiger partial charge in [0.25, 0.3) is 0 Å². The predicted octanol–water partition coefficient (Wildman–Crippen LogP) is 1.98. The molecule has 1 saturated heterocycles. The smallest absolute Gasteiger partial charge is 0.409 e. The zero-order chi connectivity index (χ0) is 11.5. The summed E-state index contributed by atoms with van der Waals surface area (Å²) >= 11 is 1.48. The molecule has 0 aromatic heterocycles. The van der Waals surface area contributed by atoms with Crippen molar-refractivity contribution in [2.75, 3.05) is 5.75 Å². The Morgan fingerprint density at radius 1 is 1.44 bits per heavy atom. The minimum atomic E-state index is -1.05. The van der Waals surface area contributed by atoms with Crippen LogP contribution in [0.2, 0.25) is 0 Å². The highest BCUT2D eigenvalue weighted by Crippen LogP contribution is 2.40. The summed E-state index contributed by atoms with van der Waals surface area (Å²) in [5.74, 6) is 0.523. The normalized spacial score (nSPS) is 24.4. The van der Waals surface area contributed by atoms with E-state index in [-0.39, 0.29) is 5.37 Å². The number of carbonyl (C=O) groups is 2. The minimum absolute atomic E-state index is 0.270. The van der Waals surface area contributed by atoms with Crippen LogP contribution in [-0.2, 0) is 4.79 Å². The van der Waals surface area contributed by atoms with Gasteiger partial charge >= 0.3 is 6.09 Å². The fourth-order valence-electron chi connectivity index (χ4n) is 1.75. The second kappa shape index (κ2) is 4.57. The molecule has 0 aliphatic carbocycles. The van der Waals surface area contributed by atoms with Crippen molar-refractivity contribution < 1.29 is 14.7 Å². The largest absolute Gasteiger partial charge is 0.465 e. The van der Waals surface area contributed by atoms with Crippen molar-refractivity contribution in [1.29, 1.82) is 0 Å². The van der Waals surface area contributed by atoms with E-state index in [0.717, 1.165) is 5.56 Å². The SMILES string of the molecule is O=CC1CSC(c2ccccc2)N1C(=O)O. The van der Waals surface area contributed by atoms with Crippen molar-refractivity contribution in [2.24, 2.45) is 0 Å². The molecule has 0 saturated carbocycles. The third kappa shape index (κ3) is 1.90. The number of benzene rings is 1. The summed E-state index contributed by atoms with van der Waals surface area (Å²) in [6, 6.07) is 8.83. The molecule has 4 nitrogen and oxygen atoms in total. The standard InChI is InChI=1S/C11H11NO3S/c13-6-9-7-16-10(12(9)11(14)15)8-4-2-1-3-5-8/h1-6,9-10H,7H2,(H,14,15). The van der Waals surface area contributed by atoms with Crippen LogP contribution in [0, 0.1) is 0 Å². The minimum Gasteiger partial charge on any atom is -0.465 e. The molecular weight excluding hydrogens is 226 g/mol. The maximum atomic E-state index is 11.1. The first kappa shape index (κ1) is 11.0. The zero-order valence-electron chi connectivity index (χ0n) is 8.45. The van der Waals surface area contributed by atoms with E-state index in [9.17, 15) is 9.59 Å². The highest BCUT2D eigenvalue weighted by atomic mass is 32.2. The Hall–Kier alpha value is -1.49. The molecule has 1 aliphatic heterocycles. The third-order valence-electron chi connectivity index (χ3n) is 2.50. The van der Waals surface area contributed by atoms with E-state index in [1.54, 1.807) is 0 Å². The lowest BCUT2D eigenvalue weighted by Gasteiger charge is -2.23. The first-order chi connectivity index (χ1) is 7.74. The van der Waals surface area contributed by atoms with E-state index in [0.29, 0.717) is 12.0 Å². The van der Waals surface area contributed by atoms with Crippen molar-refractivity contribution in [1.82, 2.24) is 4.90 Å². The third-order valence-corrected chi connectivity index (χ3v) is 3.85. The number of rotatable bonds is 2. The van der Waals surface area contributed by atoms with Gasteiger partial charge in [-0.3, -0.25) is 4.90 Å². The molecule has 2 unspecified atom stereocenters. The van der Waals surface area contributed by atoms with E-state index in [2.05, 4.69) is 0 Å². The van der Waals surface area contributed by atoms with Crippen molar-refractivity contribution >= 4 is 24.1 Å². The maximum absolute atomic E-state index is 11.1. The topological polar surface area (TPSA) is 57.6 Å². The Morgan fingerprint density at radius 3 is 2.69 bits per heavy atom. The number of thioether (sulfide) groups is 1. The summed E-state index contributed by atoms with van der Waals surface area (Å²) in [4.78, 5) is 23.1. The molecular formula is C11H11NO3S. The first-order valence-electron chi connectivity index (χ1n) is 4.87. The lowest BCUT2D eigenvalue weighted by molar-refractivity contribution is -0.111. The molecule has 0 spiro atoms. The Bertz CT molecular complexity index is 395. The van der Waals surface area contributed by atoms with Gasteiger partial charge < -0.3 is 9.90 Å². The molecule has 2 atom stereocenters. The second-order valence-corrected chi connectivity index (χ2v) is 4.60. The van der Waals surface area contributed by atoms with Crippen LogP contribution in [0.5, 0.6) is 0 Å². The highest BCUT2D eigenvalue weighted by Gasteiger charge is 2.38. The highest BCUT2D eigenvalue weighted by molar-refractivity contribution is 7.99. The lowest BCUT2D eigenvalue weighted by atomic mass is 10.2. The number of carboxylic acid groups (broad SMARTS) is 1. The van der Waals surface area contributed by atoms with Gasteiger partial charge in [0.2, 0.25) is 0 Å². The predicted molar refractivity (Wildman–Crippen MR) is 61.4 cm³/mol. The first-order valence-corrected chi connectivity index (χ1v) is 5.92. The molecule has 2 rings (SSSR count). The Balaban J connectivity index is 2.28. The van der Waals surface area contributed by atoms with Gasteiger partial charge in [-0.05, 0) is 5.56 Å². The van der Waals surface area contributed by atoms with Crippen molar-refractivity contribution in [3.05, 3.63) is 35.9 Å². The Labute approximate surface area is 97.3 Å². The molecule has 1 fully saturated rings. The van der Waals surface area contributed by atoms with Gasteiger partial charge in [0, 0.05) is 5.75 Å². The zero-order valence-corrected chi connectivity index (χ0v) is 9.26. The van der Waals surface area contributed by atoms with Crippen LogP contribution in [0.3, 0.4) is 0 Å². The number of amides is 1. The molecule has 5 heteroatoms. The van der Waals surface area contributed by atoms with Crippen LogP contribution in [-0.4, -0.2) is 34.2 Å². The molecule has 1 amide bonds. The van der Waals surface area contributed by atoms with E-state index in [1.165, 1.54) is 16.7 Å². The molecule has 1 aromatic rings. The summed E-state index contributed by atoms with van der Waals surface area (Å²) in [5.41, 5.74) is 0.916. The molecule has 1 aromatic carbocycles. The van der Waals surface area contributed by atoms with Crippen LogP contribution in [0.15, 0.2) is 30.3 Å². The number of nitrogens with zero attached hydrogens (tertiary/aromatic N) is 1. The van der Waals surface area contributed by atoms with Crippen LogP contribution in [0.1, 0.15) is 10.9 Å². The quantitative estimate of drug-likeness (QED) is 0.799.